The summed E-state index contributed by atoms with van der Waals surface area (Å²) in [5.74, 6) is 0.00296. The average Bonchev–Trinajstić information content (AvgIpc) is 3.10. The number of rotatable bonds is 12. The molecule has 0 aromatic carbocycles. The minimum atomic E-state index is -0.477. The third kappa shape index (κ3) is 8.01. The Morgan fingerprint density at radius 3 is 2.36 bits per heavy atom. The first-order chi connectivity index (χ1) is 15.9. The van der Waals surface area contributed by atoms with Crippen molar-refractivity contribution >= 4 is 0 Å². The molecule has 33 heavy (non-hydrogen) atoms. The van der Waals surface area contributed by atoms with E-state index in [1.54, 1.807) is 0 Å². The molecule has 3 rings (SSSR count). The second-order valence-corrected chi connectivity index (χ2v) is 10.9. The molecule has 2 saturated heterocycles. The molecule has 1 saturated carbocycles. The number of hydrogen-bond acceptors (Lipinski definition) is 6. The number of unbranched alkanes of at least 4 members (excludes halogenated alkanes) is 1. The average molecular weight is 469 g/mol. The standard InChI is InChI=1S/C27H48O6/c1-4-5-15-27(2,3)24(33-26-11-7-9-18-31-26)13-12-21-20(14-16-28)22(29)19-23(21)32-25-10-6-8-17-30-25/h12-13,20-26,28-29H,4-11,14-19H2,1-3H3/t20?,21?,22?,23?,24-,25?,26?/m0/s1. The largest absolute Gasteiger partial charge is 0.396 e. The SMILES string of the molecule is CCCCC(C)(C)[C@H](C=CC1C(OC2CCCCO2)CC(O)C1CCO)OC1CCCCO1. The number of aliphatic hydroxyl groups excluding tert-OH is 2. The monoisotopic (exact) mass is 468 g/mol. The molecule has 3 aliphatic rings. The molecule has 2 aliphatic heterocycles. The number of aliphatic hydroxyl groups is 2. The van der Waals surface area contributed by atoms with Crippen molar-refractivity contribution < 1.29 is 29.2 Å². The highest BCUT2D eigenvalue weighted by atomic mass is 16.7. The highest BCUT2D eigenvalue weighted by molar-refractivity contribution is 5.07. The Morgan fingerprint density at radius 1 is 1.06 bits per heavy atom. The zero-order valence-electron chi connectivity index (χ0n) is 21.1. The maximum absolute atomic E-state index is 10.8. The van der Waals surface area contributed by atoms with Crippen LogP contribution >= 0.6 is 0 Å². The summed E-state index contributed by atoms with van der Waals surface area (Å²) in [5, 5.41) is 20.4. The van der Waals surface area contributed by atoms with Crippen LogP contribution in [0.15, 0.2) is 12.2 Å². The Balaban J connectivity index is 1.75. The van der Waals surface area contributed by atoms with Crippen molar-refractivity contribution in [2.24, 2.45) is 17.3 Å². The van der Waals surface area contributed by atoms with Gasteiger partial charge in [-0.25, -0.2) is 0 Å². The van der Waals surface area contributed by atoms with E-state index in [2.05, 4.69) is 32.9 Å². The van der Waals surface area contributed by atoms with Crippen molar-refractivity contribution in [2.75, 3.05) is 19.8 Å². The van der Waals surface area contributed by atoms with Gasteiger partial charge in [-0.1, -0.05) is 45.8 Å². The van der Waals surface area contributed by atoms with Gasteiger partial charge in [0.25, 0.3) is 0 Å². The lowest BCUT2D eigenvalue weighted by atomic mass is 9.80. The van der Waals surface area contributed by atoms with Crippen molar-refractivity contribution in [3.8, 4) is 0 Å². The summed E-state index contributed by atoms with van der Waals surface area (Å²) < 4.78 is 24.6. The lowest BCUT2D eigenvalue weighted by Crippen LogP contribution is -2.37. The summed E-state index contributed by atoms with van der Waals surface area (Å²) >= 11 is 0. The van der Waals surface area contributed by atoms with Crippen molar-refractivity contribution in [3.05, 3.63) is 12.2 Å². The van der Waals surface area contributed by atoms with Crippen LogP contribution in [-0.2, 0) is 18.9 Å². The fourth-order valence-electron chi connectivity index (χ4n) is 5.54. The molecule has 2 heterocycles. The van der Waals surface area contributed by atoms with E-state index >= 15 is 0 Å². The van der Waals surface area contributed by atoms with Crippen LogP contribution in [0.5, 0.6) is 0 Å². The van der Waals surface area contributed by atoms with Crippen molar-refractivity contribution in [3.63, 3.8) is 0 Å². The lowest BCUT2D eigenvalue weighted by Gasteiger charge is -2.36. The molecule has 7 atom stereocenters. The first-order valence-electron chi connectivity index (χ1n) is 13.5. The molecule has 0 bridgehead atoms. The first kappa shape index (κ1) is 27.1. The molecular weight excluding hydrogens is 420 g/mol. The molecule has 6 heteroatoms. The van der Waals surface area contributed by atoms with Crippen LogP contribution < -0.4 is 0 Å². The fourth-order valence-corrected chi connectivity index (χ4v) is 5.54. The van der Waals surface area contributed by atoms with Crippen LogP contribution in [0.2, 0.25) is 0 Å². The molecule has 0 aromatic heterocycles. The molecule has 192 valence electrons. The van der Waals surface area contributed by atoms with Gasteiger partial charge in [-0.15, -0.1) is 0 Å². The summed E-state index contributed by atoms with van der Waals surface area (Å²) in [6.45, 7) is 8.35. The molecule has 0 aromatic rings. The van der Waals surface area contributed by atoms with Crippen molar-refractivity contribution in [1.82, 2.24) is 0 Å². The quantitative estimate of drug-likeness (QED) is 0.394. The third-order valence-corrected chi connectivity index (χ3v) is 7.71. The van der Waals surface area contributed by atoms with Crippen LogP contribution in [0.25, 0.3) is 0 Å². The van der Waals surface area contributed by atoms with Crippen LogP contribution in [0, 0.1) is 17.3 Å². The van der Waals surface area contributed by atoms with Gasteiger partial charge in [0.15, 0.2) is 12.6 Å². The van der Waals surface area contributed by atoms with Crippen LogP contribution in [0.4, 0.5) is 0 Å². The molecule has 6 nitrogen and oxygen atoms in total. The summed E-state index contributed by atoms with van der Waals surface area (Å²) in [6, 6.07) is 0. The van der Waals surface area contributed by atoms with Gasteiger partial charge in [0.2, 0.25) is 0 Å². The van der Waals surface area contributed by atoms with E-state index in [0.717, 1.165) is 71.0 Å². The molecular formula is C27H48O6. The summed E-state index contributed by atoms with van der Waals surface area (Å²) in [7, 11) is 0. The maximum Gasteiger partial charge on any atom is 0.158 e. The van der Waals surface area contributed by atoms with Gasteiger partial charge in [0.05, 0.1) is 18.3 Å². The van der Waals surface area contributed by atoms with E-state index in [0.29, 0.717) is 12.8 Å². The first-order valence-corrected chi connectivity index (χ1v) is 13.5. The molecule has 3 fully saturated rings. The van der Waals surface area contributed by atoms with E-state index in [-0.39, 0.29) is 48.6 Å². The smallest absolute Gasteiger partial charge is 0.158 e. The van der Waals surface area contributed by atoms with Gasteiger partial charge in [-0.3, -0.25) is 0 Å². The van der Waals surface area contributed by atoms with Gasteiger partial charge in [-0.2, -0.15) is 0 Å². The van der Waals surface area contributed by atoms with E-state index in [9.17, 15) is 10.2 Å². The van der Waals surface area contributed by atoms with Crippen LogP contribution in [-0.4, -0.2) is 60.9 Å². The Labute approximate surface area is 201 Å². The molecule has 1 aliphatic carbocycles. The summed E-state index contributed by atoms with van der Waals surface area (Å²) in [5.41, 5.74) is -0.0279. The van der Waals surface area contributed by atoms with Crippen molar-refractivity contribution in [1.29, 1.82) is 0 Å². The Hall–Kier alpha value is -0.500. The highest BCUT2D eigenvalue weighted by Gasteiger charge is 2.43. The molecule has 6 unspecified atom stereocenters. The zero-order valence-corrected chi connectivity index (χ0v) is 21.1. The van der Waals surface area contributed by atoms with E-state index in [4.69, 9.17) is 18.9 Å². The van der Waals surface area contributed by atoms with E-state index < -0.39 is 6.10 Å². The minimum absolute atomic E-state index is 0.0230. The lowest BCUT2D eigenvalue weighted by molar-refractivity contribution is -0.198. The Kier molecular flexibility index (Phi) is 11.1. The summed E-state index contributed by atoms with van der Waals surface area (Å²) in [4.78, 5) is 0. The van der Waals surface area contributed by atoms with Gasteiger partial charge >= 0.3 is 0 Å². The maximum atomic E-state index is 10.8. The zero-order chi connectivity index (χ0) is 23.7. The topological polar surface area (TPSA) is 77.4 Å². The van der Waals surface area contributed by atoms with Gasteiger partial charge in [0, 0.05) is 32.2 Å². The Morgan fingerprint density at radius 2 is 1.76 bits per heavy atom. The van der Waals surface area contributed by atoms with Crippen molar-refractivity contribution in [2.45, 2.75) is 122 Å². The molecule has 0 spiro atoms. The third-order valence-electron chi connectivity index (χ3n) is 7.71. The predicted octanol–water partition coefficient (Wildman–Crippen LogP) is 4.96. The minimum Gasteiger partial charge on any atom is -0.396 e. The van der Waals surface area contributed by atoms with E-state index in [1.165, 1.54) is 0 Å². The second-order valence-electron chi connectivity index (χ2n) is 10.9. The number of hydrogen-bond donors (Lipinski definition) is 2. The van der Waals surface area contributed by atoms with Crippen LogP contribution in [0.1, 0.15) is 91.4 Å². The molecule has 0 radical (unpaired) electrons. The molecule has 2 N–H and O–H groups in total. The van der Waals surface area contributed by atoms with Crippen LogP contribution in [0.3, 0.4) is 0 Å². The molecule has 0 amide bonds. The normalized spacial score (nSPS) is 34.7. The van der Waals surface area contributed by atoms with Gasteiger partial charge in [-0.05, 0) is 62.7 Å². The van der Waals surface area contributed by atoms with Gasteiger partial charge in [0.1, 0.15) is 0 Å². The van der Waals surface area contributed by atoms with E-state index in [1.807, 2.05) is 0 Å². The number of ether oxygens (including phenoxy) is 4. The predicted molar refractivity (Wildman–Crippen MR) is 129 cm³/mol. The highest BCUT2D eigenvalue weighted by Crippen LogP contribution is 2.40. The fraction of sp³-hybridized carbons (Fsp3) is 0.926. The van der Waals surface area contributed by atoms with Gasteiger partial charge < -0.3 is 29.2 Å². The Bertz CT molecular complexity index is 567. The second kappa shape index (κ2) is 13.6. The summed E-state index contributed by atoms with van der Waals surface area (Å²) in [6.07, 6.45) is 14.2.